The van der Waals surface area contributed by atoms with Crippen molar-refractivity contribution in [2.24, 2.45) is 0 Å². The van der Waals surface area contributed by atoms with Gasteiger partial charge in [-0.25, -0.2) is 0 Å². The zero-order valence-electron chi connectivity index (χ0n) is 19.3. The molecule has 6 nitrogen and oxygen atoms in total. The predicted octanol–water partition coefficient (Wildman–Crippen LogP) is 4.42. The number of rotatable bonds is 7. The summed E-state index contributed by atoms with van der Waals surface area (Å²) < 4.78 is 13.1. The Labute approximate surface area is 195 Å². The van der Waals surface area contributed by atoms with Gasteiger partial charge in [0.1, 0.15) is 0 Å². The van der Waals surface area contributed by atoms with Gasteiger partial charge >= 0.3 is 0 Å². The van der Waals surface area contributed by atoms with Crippen molar-refractivity contribution in [2.45, 2.75) is 13.1 Å². The lowest BCUT2D eigenvalue weighted by Crippen LogP contribution is -2.46. The standard InChI is InChI=1S/C27H30N4O2/c1-32-26-10-9-21(16-27(26)33-2)17-30-18-22-6-5-8-25(24(22)20-30)31-14-12-29(13-15-31)19-23-7-3-4-11-28-23/h3-11,16,18,20H,12-15,17,19H2,1-2H3. The number of aromatic nitrogens is 2. The number of hydrogen-bond donors (Lipinski definition) is 0. The topological polar surface area (TPSA) is 42.8 Å². The fourth-order valence-electron chi connectivity index (χ4n) is 4.63. The highest BCUT2D eigenvalue weighted by Gasteiger charge is 2.19. The summed E-state index contributed by atoms with van der Waals surface area (Å²) >= 11 is 0. The summed E-state index contributed by atoms with van der Waals surface area (Å²) in [5, 5.41) is 2.57. The molecule has 0 amide bonds. The van der Waals surface area contributed by atoms with E-state index in [1.54, 1.807) is 14.2 Å². The summed E-state index contributed by atoms with van der Waals surface area (Å²) in [5.74, 6) is 1.51. The Hall–Kier alpha value is -3.51. The Balaban J connectivity index is 1.30. The molecule has 0 atom stereocenters. The van der Waals surface area contributed by atoms with E-state index in [1.807, 2.05) is 24.4 Å². The van der Waals surface area contributed by atoms with Gasteiger partial charge in [0.15, 0.2) is 11.5 Å². The number of pyridine rings is 1. The van der Waals surface area contributed by atoms with E-state index in [1.165, 1.54) is 22.0 Å². The van der Waals surface area contributed by atoms with Crippen LogP contribution >= 0.6 is 0 Å². The predicted molar refractivity (Wildman–Crippen MR) is 132 cm³/mol. The summed E-state index contributed by atoms with van der Waals surface area (Å²) in [5.41, 5.74) is 3.63. The Morgan fingerprint density at radius 3 is 2.42 bits per heavy atom. The number of anilines is 1. The van der Waals surface area contributed by atoms with E-state index in [4.69, 9.17) is 9.47 Å². The van der Waals surface area contributed by atoms with E-state index in [2.05, 4.69) is 68.1 Å². The molecule has 3 heterocycles. The number of piperazine rings is 1. The summed E-state index contributed by atoms with van der Waals surface area (Å²) in [6.45, 7) is 5.82. The Morgan fingerprint density at radius 1 is 0.818 bits per heavy atom. The Bertz CT molecular complexity index is 1210. The van der Waals surface area contributed by atoms with Crippen LogP contribution in [0.3, 0.4) is 0 Å². The maximum absolute atomic E-state index is 5.47. The van der Waals surface area contributed by atoms with Crippen LogP contribution in [-0.4, -0.2) is 54.8 Å². The minimum Gasteiger partial charge on any atom is -0.493 e. The van der Waals surface area contributed by atoms with Gasteiger partial charge in [-0.05, 0) is 35.9 Å². The van der Waals surface area contributed by atoms with Crippen LogP contribution in [0.1, 0.15) is 11.3 Å². The lowest BCUT2D eigenvalue weighted by molar-refractivity contribution is 0.247. The van der Waals surface area contributed by atoms with Crippen molar-refractivity contribution in [1.82, 2.24) is 14.5 Å². The minimum absolute atomic E-state index is 0.753. The first-order valence-corrected chi connectivity index (χ1v) is 11.4. The van der Waals surface area contributed by atoms with Crippen LogP contribution in [0.15, 0.2) is 73.2 Å². The molecule has 0 saturated carbocycles. The molecular formula is C27H30N4O2. The lowest BCUT2D eigenvalue weighted by Gasteiger charge is -2.36. The van der Waals surface area contributed by atoms with Crippen molar-refractivity contribution in [3.05, 3.63) is 84.4 Å². The number of hydrogen-bond acceptors (Lipinski definition) is 5. The maximum Gasteiger partial charge on any atom is 0.161 e. The van der Waals surface area contributed by atoms with Gasteiger partial charge in [-0.15, -0.1) is 0 Å². The average Bonchev–Trinajstić information content (AvgIpc) is 3.27. The average molecular weight is 443 g/mol. The second kappa shape index (κ2) is 9.55. The van der Waals surface area contributed by atoms with E-state index in [-0.39, 0.29) is 0 Å². The van der Waals surface area contributed by atoms with E-state index >= 15 is 0 Å². The molecule has 2 aromatic heterocycles. The highest BCUT2D eigenvalue weighted by molar-refractivity contribution is 5.94. The molecule has 170 valence electrons. The van der Waals surface area contributed by atoms with Gasteiger partial charge in [-0.3, -0.25) is 9.88 Å². The highest BCUT2D eigenvalue weighted by atomic mass is 16.5. The van der Waals surface area contributed by atoms with Gasteiger partial charge in [0.05, 0.1) is 19.9 Å². The first-order chi connectivity index (χ1) is 16.2. The molecule has 5 rings (SSSR count). The normalized spacial score (nSPS) is 14.5. The molecule has 4 aromatic rings. The van der Waals surface area contributed by atoms with Crippen LogP contribution in [0.25, 0.3) is 10.8 Å². The van der Waals surface area contributed by atoms with E-state index in [0.717, 1.165) is 56.5 Å². The molecule has 0 bridgehead atoms. The van der Waals surface area contributed by atoms with E-state index in [0.29, 0.717) is 0 Å². The number of benzene rings is 2. The Kier molecular flexibility index (Phi) is 6.17. The highest BCUT2D eigenvalue weighted by Crippen LogP contribution is 2.31. The molecule has 1 saturated heterocycles. The van der Waals surface area contributed by atoms with Gasteiger partial charge in [0.25, 0.3) is 0 Å². The molecular weight excluding hydrogens is 412 g/mol. The van der Waals surface area contributed by atoms with E-state index in [9.17, 15) is 0 Å². The zero-order valence-corrected chi connectivity index (χ0v) is 19.3. The zero-order chi connectivity index (χ0) is 22.6. The van der Waals surface area contributed by atoms with E-state index < -0.39 is 0 Å². The van der Waals surface area contributed by atoms with Gasteiger partial charge < -0.3 is 18.9 Å². The van der Waals surface area contributed by atoms with Gasteiger partial charge in [-0.2, -0.15) is 0 Å². The second-order valence-corrected chi connectivity index (χ2v) is 8.48. The van der Waals surface area contributed by atoms with Crippen LogP contribution in [0.2, 0.25) is 0 Å². The quantitative estimate of drug-likeness (QED) is 0.424. The fraction of sp³-hybridized carbons (Fsp3) is 0.296. The van der Waals surface area contributed by atoms with Crippen LogP contribution in [0, 0.1) is 0 Å². The lowest BCUT2D eigenvalue weighted by atomic mass is 10.1. The number of ether oxygens (including phenoxy) is 2. The first-order valence-electron chi connectivity index (χ1n) is 11.4. The number of fused-ring (bicyclic) bond motifs is 1. The summed E-state index contributed by atoms with van der Waals surface area (Å²) in [4.78, 5) is 9.47. The number of nitrogens with zero attached hydrogens (tertiary/aromatic N) is 4. The molecule has 0 aliphatic carbocycles. The Morgan fingerprint density at radius 2 is 1.67 bits per heavy atom. The number of methoxy groups -OCH3 is 2. The van der Waals surface area contributed by atoms with Crippen molar-refractivity contribution in [1.29, 1.82) is 0 Å². The third kappa shape index (κ3) is 4.66. The molecule has 1 fully saturated rings. The molecule has 1 aliphatic heterocycles. The molecule has 0 spiro atoms. The fourth-order valence-corrected chi connectivity index (χ4v) is 4.63. The van der Waals surface area contributed by atoms with Crippen molar-refractivity contribution < 1.29 is 9.47 Å². The summed E-state index contributed by atoms with van der Waals surface area (Å²) in [6.07, 6.45) is 6.37. The minimum atomic E-state index is 0.753. The molecule has 2 aromatic carbocycles. The smallest absolute Gasteiger partial charge is 0.161 e. The second-order valence-electron chi connectivity index (χ2n) is 8.48. The molecule has 0 N–H and O–H groups in total. The van der Waals surface area contributed by atoms with Gasteiger partial charge in [0, 0.05) is 74.3 Å². The molecule has 0 radical (unpaired) electrons. The SMILES string of the molecule is COc1ccc(Cn2cc3cccc(N4CCN(Cc5ccccn5)CC4)c3c2)cc1OC. The van der Waals surface area contributed by atoms with Crippen molar-refractivity contribution in [2.75, 3.05) is 45.3 Å². The maximum atomic E-state index is 5.47. The monoisotopic (exact) mass is 442 g/mol. The van der Waals surface area contributed by atoms with Gasteiger partial charge in [0.2, 0.25) is 0 Å². The van der Waals surface area contributed by atoms with Crippen molar-refractivity contribution in [3.8, 4) is 11.5 Å². The van der Waals surface area contributed by atoms with Gasteiger partial charge in [-0.1, -0.05) is 24.3 Å². The molecule has 1 aliphatic rings. The molecule has 33 heavy (non-hydrogen) atoms. The first kappa shape index (κ1) is 21.3. The van der Waals surface area contributed by atoms with Crippen LogP contribution in [-0.2, 0) is 13.1 Å². The molecule has 6 heteroatoms. The third-order valence-electron chi connectivity index (χ3n) is 6.35. The van der Waals surface area contributed by atoms with Crippen LogP contribution in [0.4, 0.5) is 5.69 Å². The molecule has 0 unspecified atom stereocenters. The van der Waals surface area contributed by atoms with Crippen LogP contribution in [0.5, 0.6) is 11.5 Å². The largest absolute Gasteiger partial charge is 0.493 e. The summed E-state index contributed by atoms with van der Waals surface area (Å²) in [7, 11) is 3.34. The van der Waals surface area contributed by atoms with Crippen molar-refractivity contribution >= 4 is 16.5 Å². The third-order valence-corrected chi connectivity index (χ3v) is 6.35. The summed E-state index contributed by atoms with van der Waals surface area (Å²) in [6, 6.07) is 18.9. The van der Waals surface area contributed by atoms with Crippen molar-refractivity contribution in [3.63, 3.8) is 0 Å². The van der Waals surface area contributed by atoms with Crippen LogP contribution < -0.4 is 14.4 Å².